The van der Waals surface area contributed by atoms with Crippen LogP contribution in [-0.4, -0.2) is 11.2 Å². The SMILES string of the molecule is CC(C)C1C=CC(c2ccc(Br)cc2)=C(O)O1. The Morgan fingerprint density at radius 1 is 1.24 bits per heavy atom. The quantitative estimate of drug-likeness (QED) is 0.882. The van der Waals surface area contributed by atoms with E-state index in [1.807, 2.05) is 36.4 Å². The molecule has 1 aromatic rings. The summed E-state index contributed by atoms with van der Waals surface area (Å²) in [7, 11) is 0. The summed E-state index contributed by atoms with van der Waals surface area (Å²) in [4.78, 5) is 0. The van der Waals surface area contributed by atoms with Gasteiger partial charge in [-0.15, -0.1) is 0 Å². The van der Waals surface area contributed by atoms with Crippen molar-refractivity contribution >= 4 is 21.5 Å². The molecule has 1 aromatic carbocycles. The van der Waals surface area contributed by atoms with Crippen molar-refractivity contribution in [2.24, 2.45) is 5.92 Å². The van der Waals surface area contributed by atoms with Crippen LogP contribution < -0.4 is 0 Å². The van der Waals surface area contributed by atoms with Crippen LogP contribution >= 0.6 is 15.9 Å². The van der Waals surface area contributed by atoms with Crippen LogP contribution in [0.2, 0.25) is 0 Å². The van der Waals surface area contributed by atoms with Crippen molar-refractivity contribution in [3.05, 3.63) is 52.4 Å². The molecule has 0 fully saturated rings. The minimum absolute atomic E-state index is 0.00789. The monoisotopic (exact) mass is 294 g/mol. The van der Waals surface area contributed by atoms with E-state index in [0.717, 1.165) is 15.6 Å². The molecule has 1 unspecified atom stereocenters. The molecule has 0 aromatic heterocycles. The molecule has 1 atom stereocenters. The lowest BCUT2D eigenvalue weighted by molar-refractivity contribution is 0.0335. The van der Waals surface area contributed by atoms with Gasteiger partial charge in [-0.25, -0.2) is 0 Å². The van der Waals surface area contributed by atoms with Gasteiger partial charge in [0.15, 0.2) is 0 Å². The summed E-state index contributed by atoms with van der Waals surface area (Å²) >= 11 is 3.39. The van der Waals surface area contributed by atoms with Crippen molar-refractivity contribution in [3.63, 3.8) is 0 Å². The molecule has 0 spiro atoms. The van der Waals surface area contributed by atoms with Crippen LogP contribution in [-0.2, 0) is 4.74 Å². The average Bonchev–Trinajstić information content (AvgIpc) is 2.30. The first kappa shape index (κ1) is 12.2. The summed E-state index contributed by atoms with van der Waals surface area (Å²) in [5.74, 6) is 0.355. The molecule has 0 radical (unpaired) electrons. The van der Waals surface area contributed by atoms with Crippen LogP contribution in [0.5, 0.6) is 0 Å². The number of aliphatic hydroxyl groups is 1. The molecular weight excluding hydrogens is 280 g/mol. The molecule has 2 nitrogen and oxygen atoms in total. The van der Waals surface area contributed by atoms with Gasteiger partial charge in [-0.05, 0) is 35.8 Å². The van der Waals surface area contributed by atoms with Gasteiger partial charge in [0.2, 0.25) is 0 Å². The van der Waals surface area contributed by atoms with Crippen LogP contribution in [0.25, 0.3) is 5.57 Å². The summed E-state index contributed by atoms with van der Waals surface area (Å²) in [6.45, 7) is 4.12. The lowest BCUT2D eigenvalue weighted by Crippen LogP contribution is -2.20. The van der Waals surface area contributed by atoms with Gasteiger partial charge in [-0.3, -0.25) is 0 Å². The number of halogens is 1. The van der Waals surface area contributed by atoms with E-state index in [0.29, 0.717) is 5.92 Å². The van der Waals surface area contributed by atoms with Gasteiger partial charge in [0.05, 0.1) is 5.57 Å². The highest BCUT2D eigenvalue weighted by Gasteiger charge is 2.20. The molecule has 3 heteroatoms. The van der Waals surface area contributed by atoms with Gasteiger partial charge in [0.25, 0.3) is 5.95 Å². The van der Waals surface area contributed by atoms with Crippen LogP contribution in [0.3, 0.4) is 0 Å². The van der Waals surface area contributed by atoms with Gasteiger partial charge >= 0.3 is 0 Å². The van der Waals surface area contributed by atoms with E-state index in [2.05, 4.69) is 29.8 Å². The minimum Gasteiger partial charge on any atom is -0.481 e. The molecule has 0 aliphatic carbocycles. The predicted octanol–water partition coefficient (Wildman–Crippen LogP) is 4.29. The second-order valence-electron chi connectivity index (χ2n) is 4.41. The zero-order chi connectivity index (χ0) is 12.4. The van der Waals surface area contributed by atoms with E-state index in [9.17, 15) is 5.11 Å². The first-order valence-electron chi connectivity index (χ1n) is 5.62. The number of hydrogen-bond acceptors (Lipinski definition) is 2. The van der Waals surface area contributed by atoms with Crippen molar-refractivity contribution in [1.82, 2.24) is 0 Å². The fourth-order valence-corrected chi connectivity index (χ4v) is 1.97. The molecule has 2 rings (SSSR count). The third-order valence-corrected chi connectivity index (χ3v) is 3.27. The fraction of sp³-hybridized carbons (Fsp3) is 0.286. The Morgan fingerprint density at radius 3 is 2.41 bits per heavy atom. The van der Waals surface area contributed by atoms with Crippen molar-refractivity contribution in [2.75, 3.05) is 0 Å². The van der Waals surface area contributed by atoms with Gasteiger partial charge in [-0.1, -0.05) is 41.9 Å². The highest BCUT2D eigenvalue weighted by Crippen LogP contribution is 2.28. The van der Waals surface area contributed by atoms with E-state index in [-0.39, 0.29) is 12.0 Å². The number of ether oxygens (including phenoxy) is 1. The van der Waals surface area contributed by atoms with E-state index in [1.165, 1.54) is 0 Å². The molecule has 90 valence electrons. The normalized spacial score (nSPS) is 19.6. The maximum atomic E-state index is 9.91. The zero-order valence-corrected chi connectivity index (χ0v) is 11.4. The van der Waals surface area contributed by atoms with Gasteiger partial charge in [0.1, 0.15) is 6.10 Å². The van der Waals surface area contributed by atoms with Crippen molar-refractivity contribution in [2.45, 2.75) is 20.0 Å². The highest BCUT2D eigenvalue weighted by molar-refractivity contribution is 9.10. The second-order valence-corrected chi connectivity index (χ2v) is 5.33. The van der Waals surface area contributed by atoms with Crippen LogP contribution in [0, 0.1) is 5.92 Å². The van der Waals surface area contributed by atoms with Gasteiger partial charge < -0.3 is 9.84 Å². The van der Waals surface area contributed by atoms with E-state index < -0.39 is 0 Å². The molecule has 1 heterocycles. The third-order valence-electron chi connectivity index (χ3n) is 2.74. The summed E-state index contributed by atoms with van der Waals surface area (Å²) in [5.41, 5.74) is 1.68. The van der Waals surface area contributed by atoms with Gasteiger partial charge in [0, 0.05) is 4.47 Å². The average molecular weight is 295 g/mol. The molecule has 17 heavy (non-hydrogen) atoms. The predicted molar refractivity (Wildman–Crippen MR) is 72.5 cm³/mol. The Kier molecular flexibility index (Phi) is 3.57. The van der Waals surface area contributed by atoms with Crippen molar-refractivity contribution < 1.29 is 9.84 Å². The number of aliphatic hydroxyl groups excluding tert-OH is 1. The summed E-state index contributed by atoms with van der Waals surface area (Å²) in [5, 5.41) is 9.91. The fourth-order valence-electron chi connectivity index (χ4n) is 1.70. The maximum absolute atomic E-state index is 9.91. The molecule has 1 aliphatic heterocycles. The molecule has 0 bridgehead atoms. The summed E-state index contributed by atoms with van der Waals surface area (Å²) in [6, 6.07) is 7.77. The van der Waals surface area contributed by atoms with E-state index in [4.69, 9.17) is 4.74 Å². The van der Waals surface area contributed by atoms with E-state index >= 15 is 0 Å². The Morgan fingerprint density at radius 2 is 1.88 bits per heavy atom. The molecular formula is C14H15BrO2. The van der Waals surface area contributed by atoms with Crippen LogP contribution in [0.4, 0.5) is 0 Å². The summed E-state index contributed by atoms with van der Waals surface area (Å²) < 4.78 is 6.50. The lowest BCUT2D eigenvalue weighted by atomic mass is 10.0. The molecule has 0 amide bonds. The highest BCUT2D eigenvalue weighted by atomic mass is 79.9. The Bertz CT molecular complexity index is 458. The number of allylic oxidation sites excluding steroid dienone is 2. The van der Waals surface area contributed by atoms with Crippen molar-refractivity contribution in [1.29, 1.82) is 0 Å². The zero-order valence-electron chi connectivity index (χ0n) is 9.85. The number of rotatable bonds is 2. The number of benzene rings is 1. The first-order chi connectivity index (χ1) is 8.08. The largest absolute Gasteiger partial charge is 0.481 e. The molecule has 1 aliphatic rings. The molecule has 0 saturated heterocycles. The third kappa shape index (κ3) is 2.72. The molecule has 0 saturated carbocycles. The van der Waals surface area contributed by atoms with Crippen LogP contribution in [0.15, 0.2) is 46.8 Å². The first-order valence-corrected chi connectivity index (χ1v) is 6.41. The Balaban J connectivity index is 2.26. The standard InChI is InChI=1S/C14H15BrO2/c1-9(2)13-8-7-12(14(16)17-13)10-3-5-11(15)6-4-10/h3-9,13,16H,1-2H3. The minimum atomic E-state index is -0.0470. The van der Waals surface area contributed by atoms with Crippen LogP contribution in [0.1, 0.15) is 19.4 Å². The second kappa shape index (κ2) is 4.96. The Hall–Kier alpha value is -1.22. The maximum Gasteiger partial charge on any atom is 0.285 e. The van der Waals surface area contributed by atoms with Crippen molar-refractivity contribution in [3.8, 4) is 0 Å². The topological polar surface area (TPSA) is 29.5 Å². The number of hydrogen-bond donors (Lipinski definition) is 1. The van der Waals surface area contributed by atoms with Gasteiger partial charge in [-0.2, -0.15) is 0 Å². The lowest BCUT2D eigenvalue weighted by Gasteiger charge is -2.23. The van der Waals surface area contributed by atoms with E-state index in [1.54, 1.807) is 0 Å². The smallest absolute Gasteiger partial charge is 0.285 e. The summed E-state index contributed by atoms with van der Waals surface area (Å²) in [6.07, 6.45) is 3.86. The Labute approximate surface area is 110 Å². The molecule has 1 N–H and O–H groups in total.